The van der Waals surface area contributed by atoms with Crippen molar-refractivity contribution in [3.8, 4) is 0 Å². The van der Waals surface area contributed by atoms with Crippen molar-refractivity contribution in [3.05, 3.63) is 18.0 Å². The first kappa shape index (κ1) is 11.6. The third-order valence-corrected chi connectivity index (χ3v) is 2.97. The molecule has 0 amide bonds. The topological polar surface area (TPSA) is 38.0 Å². The first-order valence-electron chi connectivity index (χ1n) is 5.06. The lowest BCUT2D eigenvalue weighted by molar-refractivity contribution is 0.173. The van der Waals surface area contributed by atoms with Crippen LogP contribution in [0.3, 0.4) is 0 Å². The molecule has 1 N–H and O–H groups in total. The van der Waals surface area contributed by atoms with E-state index < -0.39 is 0 Å². The highest BCUT2D eigenvalue weighted by molar-refractivity contribution is 7.99. The monoisotopic (exact) mass is 214 g/mol. The molecule has 0 saturated carbocycles. The maximum Gasteiger partial charge on any atom is 0.0817 e. The van der Waals surface area contributed by atoms with E-state index in [9.17, 15) is 5.11 Å². The van der Waals surface area contributed by atoms with Crippen LogP contribution in [0.5, 0.6) is 0 Å². The fourth-order valence-corrected chi connectivity index (χ4v) is 1.82. The van der Waals surface area contributed by atoms with Crippen molar-refractivity contribution in [3.63, 3.8) is 0 Å². The average molecular weight is 214 g/mol. The third-order valence-electron chi connectivity index (χ3n) is 2.09. The van der Waals surface area contributed by atoms with Crippen LogP contribution in [-0.4, -0.2) is 26.4 Å². The van der Waals surface area contributed by atoms with Crippen LogP contribution >= 0.6 is 11.8 Å². The second-order valence-electron chi connectivity index (χ2n) is 3.16. The van der Waals surface area contributed by atoms with E-state index in [0.717, 1.165) is 30.0 Å². The highest BCUT2D eigenvalue weighted by Crippen LogP contribution is 2.14. The van der Waals surface area contributed by atoms with Crippen LogP contribution in [0, 0.1) is 0 Å². The second-order valence-corrected chi connectivity index (χ2v) is 4.55. The van der Waals surface area contributed by atoms with Crippen LogP contribution in [0.25, 0.3) is 0 Å². The van der Waals surface area contributed by atoms with Gasteiger partial charge >= 0.3 is 0 Å². The number of hydrogen-bond acceptors (Lipinski definition) is 3. The smallest absolute Gasteiger partial charge is 0.0817 e. The molecule has 1 aromatic heterocycles. The summed E-state index contributed by atoms with van der Waals surface area (Å²) in [6.07, 6.45) is 4.08. The summed E-state index contributed by atoms with van der Waals surface area (Å²) in [6.45, 7) is 5.05. The van der Waals surface area contributed by atoms with Gasteiger partial charge in [0, 0.05) is 24.1 Å². The Bertz CT molecular complexity index is 262. The van der Waals surface area contributed by atoms with E-state index in [0.29, 0.717) is 0 Å². The molecule has 0 spiro atoms. The van der Waals surface area contributed by atoms with Gasteiger partial charge in [0.1, 0.15) is 0 Å². The summed E-state index contributed by atoms with van der Waals surface area (Å²) < 4.78 is 1.90. The molecule has 80 valence electrons. The van der Waals surface area contributed by atoms with E-state index in [2.05, 4.69) is 12.0 Å². The molecule has 1 heterocycles. The van der Waals surface area contributed by atoms with Crippen LogP contribution in [0.15, 0.2) is 12.4 Å². The number of thioether (sulfide) groups is 1. The fourth-order valence-electron chi connectivity index (χ4n) is 1.21. The summed E-state index contributed by atoms with van der Waals surface area (Å²) in [5.41, 5.74) is 0.925. The number of aliphatic hydroxyl groups excluding tert-OH is 1. The molecule has 0 aromatic carbocycles. The van der Waals surface area contributed by atoms with Crippen molar-refractivity contribution < 1.29 is 5.11 Å². The zero-order chi connectivity index (χ0) is 10.4. The first-order chi connectivity index (χ1) is 6.77. The minimum atomic E-state index is -0.359. The molecule has 0 aliphatic heterocycles. The number of hydrogen-bond donors (Lipinski definition) is 1. The molecular weight excluding hydrogens is 196 g/mol. The molecule has 3 nitrogen and oxygen atoms in total. The Morgan fingerprint density at radius 3 is 3.00 bits per heavy atom. The molecule has 0 bridgehead atoms. The van der Waals surface area contributed by atoms with Crippen LogP contribution in [-0.2, 0) is 6.54 Å². The minimum Gasteiger partial charge on any atom is -0.388 e. The Labute approximate surface area is 89.5 Å². The third kappa shape index (κ3) is 3.35. The minimum absolute atomic E-state index is 0.359. The Morgan fingerprint density at radius 2 is 2.36 bits per heavy atom. The van der Waals surface area contributed by atoms with Gasteiger partial charge in [-0.3, -0.25) is 4.68 Å². The van der Waals surface area contributed by atoms with Crippen LogP contribution in [0.4, 0.5) is 0 Å². The molecule has 0 radical (unpaired) electrons. The summed E-state index contributed by atoms with van der Waals surface area (Å²) in [4.78, 5) is 0. The van der Waals surface area contributed by atoms with E-state index in [1.807, 2.05) is 29.6 Å². The molecule has 1 atom stereocenters. The molecular formula is C10H18N2OS. The molecule has 14 heavy (non-hydrogen) atoms. The number of aromatic nitrogens is 2. The summed E-state index contributed by atoms with van der Waals surface area (Å²) in [6, 6.07) is 0. The van der Waals surface area contributed by atoms with Crippen LogP contribution in [0.2, 0.25) is 0 Å². The summed E-state index contributed by atoms with van der Waals surface area (Å²) in [7, 11) is 0. The fraction of sp³-hybridized carbons (Fsp3) is 0.700. The maximum atomic E-state index is 9.56. The van der Waals surface area contributed by atoms with Gasteiger partial charge in [0.25, 0.3) is 0 Å². The quantitative estimate of drug-likeness (QED) is 0.737. The summed E-state index contributed by atoms with van der Waals surface area (Å²) >= 11 is 1.90. The van der Waals surface area contributed by atoms with Crippen molar-refractivity contribution in [2.24, 2.45) is 0 Å². The number of aliphatic hydroxyl groups is 1. The van der Waals surface area contributed by atoms with Gasteiger partial charge in [-0.1, -0.05) is 13.8 Å². The molecule has 0 aliphatic rings. The molecule has 1 rings (SSSR count). The largest absolute Gasteiger partial charge is 0.388 e. The summed E-state index contributed by atoms with van der Waals surface area (Å²) in [5.74, 6) is 2.23. The van der Waals surface area contributed by atoms with Gasteiger partial charge in [0.2, 0.25) is 0 Å². The van der Waals surface area contributed by atoms with Crippen molar-refractivity contribution in [1.29, 1.82) is 0 Å². The highest BCUT2D eigenvalue weighted by Gasteiger charge is 2.06. The van der Waals surface area contributed by atoms with E-state index in [4.69, 9.17) is 0 Å². The molecule has 0 saturated heterocycles. The van der Waals surface area contributed by atoms with Crippen molar-refractivity contribution >= 4 is 11.8 Å². The lowest BCUT2D eigenvalue weighted by atomic mass is 10.2. The van der Waals surface area contributed by atoms with Crippen LogP contribution in [0.1, 0.15) is 31.9 Å². The van der Waals surface area contributed by atoms with E-state index in [1.165, 1.54) is 0 Å². The zero-order valence-corrected chi connectivity index (χ0v) is 9.63. The number of nitrogens with zero attached hydrogens (tertiary/aromatic N) is 2. The van der Waals surface area contributed by atoms with Gasteiger partial charge in [0.05, 0.1) is 12.3 Å². The SMILES string of the molecule is CCSCCn1cc(C(O)CC)cn1. The zero-order valence-electron chi connectivity index (χ0n) is 8.81. The number of aryl methyl sites for hydroxylation is 1. The molecule has 1 aromatic rings. The van der Waals surface area contributed by atoms with Gasteiger partial charge in [-0.2, -0.15) is 16.9 Å². The van der Waals surface area contributed by atoms with Crippen molar-refractivity contribution in [2.75, 3.05) is 11.5 Å². The van der Waals surface area contributed by atoms with Gasteiger partial charge in [-0.25, -0.2) is 0 Å². The average Bonchev–Trinajstić information content (AvgIpc) is 2.66. The molecule has 0 fully saturated rings. The first-order valence-corrected chi connectivity index (χ1v) is 6.21. The highest BCUT2D eigenvalue weighted by atomic mass is 32.2. The summed E-state index contributed by atoms with van der Waals surface area (Å²) in [5, 5.41) is 13.8. The predicted molar refractivity (Wildman–Crippen MR) is 60.5 cm³/mol. The Balaban J connectivity index is 2.42. The Hall–Kier alpha value is -0.480. The van der Waals surface area contributed by atoms with E-state index in [-0.39, 0.29) is 6.10 Å². The standard InChI is InChI=1S/C10H18N2OS/c1-3-10(13)9-7-11-12(8-9)5-6-14-4-2/h7-8,10,13H,3-6H2,1-2H3. The molecule has 4 heteroatoms. The molecule has 0 aliphatic carbocycles. The Morgan fingerprint density at radius 1 is 1.57 bits per heavy atom. The second kappa shape index (κ2) is 6.09. The van der Waals surface area contributed by atoms with Crippen molar-refractivity contribution in [1.82, 2.24) is 9.78 Å². The van der Waals surface area contributed by atoms with Crippen LogP contribution < -0.4 is 0 Å². The lowest BCUT2D eigenvalue weighted by Gasteiger charge is -2.02. The normalized spacial score (nSPS) is 13.1. The van der Waals surface area contributed by atoms with Gasteiger partial charge < -0.3 is 5.11 Å². The lowest BCUT2D eigenvalue weighted by Crippen LogP contribution is -2.01. The van der Waals surface area contributed by atoms with Crippen molar-refractivity contribution in [2.45, 2.75) is 32.9 Å². The molecule has 1 unspecified atom stereocenters. The van der Waals surface area contributed by atoms with Gasteiger partial charge in [-0.15, -0.1) is 0 Å². The van der Waals surface area contributed by atoms with E-state index >= 15 is 0 Å². The Kier molecular flexibility index (Phi) is 5.04. The number of rotatable bonds is 6. The van der Waals surface area contributed by atoms with Gasteiger partial charge in [0.15, 0.2) is 0 Å². The van der Waals surface area contributed by atoms with Gasteiger partial charge in [-0.05, 0) is 12.2 Å². The van der Waals surface area contributed by atoms with E-state index in [1.54, 1.807) is 6.20 Å². The maximum absolute atomic E-state index is 9.56. The predicted octanol–water partition coefficient (Wildman–Crippen LogP) is 2.08.